The van der Waals surface area contributed by atoms with Crippen molar-refractivity contribution >= 4 is 27.2 Å². The number of fused-ring (bicyclic) bond motifs is 3. The first-order valence-electron chi connectivity index (χ1n) is 13.4. The number of hydrazine groups is 1. The molecule has 6 atom stereocenters. The molecule has 2 aliphatic heterocycles. The molecule has 0 radical (unpaired) electrons. The van der Waals surface area contributed by atoms with Crippen LogP contribution in [0.25, 0.3) is 0 Å². The SMILES string of the molecule is COc1ccc2c(c1)[C@]1(C[C@H]1C1CCC3C(C1)NNC3Nc1ncc(S(=O)(=O)C3CC3)cc1OC)C(=O)N2. The number of rotatable bonds is 7. The van der Waals surface area contributed by atoms with Gasteiger partial charge in [0.15, 0.2) is 21.4 Å². The molecule has 1 aromatic carbocycles. The van der Waals surface area contributed by atoms with Crippen molar-refractivity contribution in [3.05, 3.63) is 36.0 Å². The van der Waals surface area contributed by atoms with Gasteiger partial charge in [0.25, 0.3) is 0 Å². The minimum absolute atomic E-state index is 0.0684. The lowest BCUT2D eigenvalue weighted by atomic mass is 9.74. The third-order valence-corrected chi connectivity index (χ3v) is 11.6. The maximum absolute atomic E-state index is 13.1. The highest BCUT2D eigenvalue weighted by Gasteiger charge is 2.67. The lowest BCUT2D eigenvalue weighted by Crippen LogP contribution is -2.39. The van der Waals surface area contributed by atoms with Crippen LogP contribution in [-0.4, -0.2) is 51.0 Å². The van der Waals surface area contributed by atoms with Crippen LogP contribution in [0.3, 0.4) is 0 Å². The number of nitrogens with zero attached hydrogens (tertiary/aromatic N) is 1. The van der Waals surface area contributed by atoms with Crippen molar-refractivity contribution in [2.24, 2.45) is 17.8 Å². The van der Waals surface area contributed by atoms with Gasteiger partial charge in [-0.1, -0.05) is 0 Å². The maximum Gasteiger partial charge on any atom is 0.235 e. The van der Waals surface area contributed by atoms with E-state index in [1.165, 1.54) is 13.3 Å². The van der Waals surface area contributed by atoms with Crippen LogP contribution in [0.5, 0.6) is 11.5 Å². The number of carbonyl (C=O) groups is 1. The molecule has 1 aromatic heterocycles. The van der Waals surface area contributed by atoms with Crippen molar-refractivity contribution in [3.8, 4) is 11.5 Å². The van der Waals surface area contributed by atoms with Gasteiger partial charge in [0.2, 0.25) is 5.91 Å². The average Bonchev–Trinajstić information content (AvgIpc) is 3.84. The average molecular weight is 540 g/mol. The van der Waals surface area contributed by atoms with E-state index in [0.29, 0.717) is 42.2 Å². The van der Waals surface area contributed by atoms with E-state index < -0.39 is 15.3 Å². The number of sulfone groups is 1. The third kappa shape index (κ3) is 3.62. The van der Waals surface area contributed by atoms with Crippen molar-refractivity contribution in [1.29, 1.82) is 0 Å². The van der Waals surface area contributed by atoms with Crippen molar-refractivity contribution in [2.45, 2.75) is 66.3 Å². The second-order valence-corrected chi connectivity index (χ2v) is 13.6. The fourth-order valence-electron chi connectivity index (χ4n) is 7.08. The van der Waals surface area contributed by atoms with Crippen molar-refractivity contribution in [3.63, 3.8) is 0 Å². The van der Waals surface area contributed by atoms with Crippen LogP contribution >= 0.6 is 0 Å². The van der Waals surface area contributed by atoms with Gasteiger partial charge >= 0.3 is 0 Å². The summed E-state index contributed by atoms with van der Waals surface area (Å²) in [4.78, 5) is 17.7. The highest BCUT2D eigenvalue weighted by molar-refractivity contribution is 7.92. The van der Waals surface area contributed by atoms with Crippen molar-refractivity contribution < 1.29 is 22.7 Å². The van der Waals surface area contributed by atoms with E-state index in [9.17, 15) is 13.2 Å². The van der Waals surface area contributed by atoms with Crippen LogP contribution < -0.4 is 31.0 Å². The van der Waals surface area contributed by atoms with Crippen molar-refractivity contribution in [2.75, 3.05) is 24.9 Å². The summed E-state index contributed by atoms with van der Waals surface area (Å²) in [5.74, 6) is 2.96. The minimum atomic E-state index is -3.34. The molecule has 3 saturated carbocycles. The number of pyridine rings is 1. The number of ether oxygens (including phenoxy) is 2. The summed E-state index contributed by atoms with van der Waals surface area (Å²) in [5.41, 5.74) is 8.41. The van der Waals surface area contributed by atoms with Crippen LogP contribution in [0.15, 0.2) is 35.4 Å². The van der Waals surface area contributed by atoms with Gasteiger partial charge in [-0.3, -0.25) is 10.2 Å². The Bertz CT molecular complexity index is 1410. The summed E-state index contributed by atoms with van der Waals surface area (Å²) in [5, 5.41) is 6.25. The van der Waals surface area contributed by atoms with Crippen LogP contribution in [0.2, 0.25) is 0 Å². The van der Waals surface area contributed by atoms with E-state index in [0.717, 1.165) is 42.7 Å². The topological polar surface area (TPSA) is 131 Å². The molecule has 7 rings (SSSR count). The smallest absolute Gasteiger partial charge is 0.235 e. The molecule has 11 heteroatoms. The monoisotopic (exact) mass is 539 g/mol. The Morgan fingerprint density at radius 2 is 1.92 bits per heavy atom. The zero-order valence-corrected chi connectivity index (χ0v) is 22.3. The number of aromatic nitrogens is 1. The van der Waals surface area contributed by atoms with E-state index in [1.807, 2.05) is 18.2 Å². The van der Waals surface area contributed by atoms with E-state index in [2.05, 4.69) is 26.5 Å². The Morgan fingerprint density at radius 1 is 1.08 bits per heavy atom. The zero-order valence-electron chi connectivity index (χ0n) is 21.5. The molecule has 0 bridgehead atoms. The molecule has 2 aromatic rings. The van der Waals surface area contributed by atoms with Crippen LogP contribution in [0.1, 0.15) is 44.1 Å². The summed E-state index contributed by atoms with van der Waals surface area (Å²) >= 11 is 0. The first kappa shape index (κ1) is 24.2. The largest absolute Gasteiger partial charge is 0.497 e. The van der Waals surface area contributed by atoms with E-state index in [1.54, 1.807) is 13.2 Å². The zero-order chi connectivity index (χ0) is 26.2. The number of carbonyl (C=O) groups excluding carboxylic acids is 1. The van der Waals surface area contributed by atoms with Gasteiger partial charge < -0.3 is 20.1 Å². The number of nitrogens with one attached hydrogen (secondary N) is 4. The summed E-state index contributed by atoms with van der Waals surface area (Å²) in [7, 11) is -0.154. The molecule has 1 spiro atoms. The maximum atomic E-state index is 13.1. The standard InChI is InChI=1S/C27H33N5O5S/c1-36-15-4-8-21-19(10-15)27(26(33)29-21)12-20(27)14-3-7-18-22(9-14)31-32-24(18)30-25-23(37-2)11-17(13-28-25)38(34,35)16-5-6-16/h4,8,10-11,13-14,16,18,20,22,24,31-32H,3,5-7,9,12H2,1-2H3,(H,28,30)(H,29,33)/t14?,18?,20-,22?,24?,27-/m0/s1. The fraction of sp³-hybridized carbons (Fsp3) is 0.556. The van der Waals surface area contributed by atoms with Crippen LogP contribution in [0, 0.1) is 17.8 Å². The summed E-state index contributed by atoms with van der Waals surface area (Å²) in [6, 6.07) is 7.70. The van der Waals surface area contributed by atoms with Crippen LogP contribution in [0.4, 0.5) is 11.5 Å². The number of hydrogen-bond acceptors (Lipinski definition) is 9. The van der Waals surface area contributed by atoms with E-state index >= 15 is 0 Å². The van der Waals surface area contributed by atoms with Gasteiger partial charge in [0.1, 0.15) is 5.75 Å². The lowest BCUT2D eigenvalue weighted by molar-refractivity contribution is -0.118. The van der Waals surface area contributed by atoms with Crippen molar-refractivity contribution in [1.82, 2.24) is 15.8 Å². The molecular formula is C27H33N5O5S. The van der Waals surface area contributed by atoms with E-state index in [4.69, 9.17) is 9.47 Å². The second-order valence-electron chi connectivity index (χ2n) is 11.4. The van der Waals surface area contributed by atoms with E-state index in [-0.39, 0.29) is 28.3 Å². The lowest BCUT2D eigenvalue weighted by Gasteiger charge is -2.34. The molecule has 38 heavy (non-hydrogen) atoms. The van der Waals surface area contributed by atoms with Gasteiger partial charge in [0.05, 0.1) is 35.9 Å². The normalized spacial score (nSPS) is 33.4. The van der Waals surface area contributed by atoms with Gasteiger partial charge in [-0.05, 0) is 74.1 Å². The number of methoxy groups -OCH3 is 2. The second kappa shape index (κ2) is 8.56. The first-order chi connectivity index (χ1) is 18.3. The number of benzene rings is 1. The molecule has 4 unspecified atom stereocenters. The predicted molar refractivity (Wildman–Crippen MR) is 141 cm³/mol. The molecule has 1 amide bonds. The summed E-state index contributed by atoms with van der Waals surface area (Å²) in [6.07, 6.45) is 6.70. The molecule has 4 fully saturated rings. The Labute approximate surface area is 222 Å². The Kier molecular flexibility index (Phi) is 5.44. The molecular weight excluding hydrogens is 506 g/mol. The molecule has 1 saturated heterocycles. The molecule has 3 aliphatic carbocycles. The number of amides is 1. The first-order valence-corrected chi connectivity index (χ1v) is 15.0. The quantitative estimate of drug-likeness (QED) is 0.419. The summed E-state index contributed by atoms with van der Waals surface area (Å²) < 4.78 is 36.2. The predicted octanol–water partition coefficient (Wildman–Crippen LogP) is 2.58. The highest BCUT2D eigenvalue weighted by Crippen LogP contribution is 2.65. The summed E-state index contributed by atoms with van der Waals surface area (Å²) in [6.45, 7) is 0. The third-order valence-electron chi connectivity index (χ3n) is 9.37. The van der Waals surface area contributed by atoms with Gasteiger partial charge in [-0.25, -0.2) is 18.8 Å². The minimum Gasteiger partial charge on any atom is -0.497 e. The molecule has 202 valence electrons. The highest BCUT2D eigenvalue weighted by atomic mass is 32.2. The molecule has 4 N–H and O–H groups in total. The number of hydrogen-bond donors (Lipinski definition) is 4. The van der Waals surface area contributed by atoms with Gasteiger partial charge in [-0.2, -0.15) is 0 Å². The molecule has 10 nitrogen and oxygen atoms in total. The number of anilines is 2. The van der Waals surface area contributed by atoms with Gasteiger partial charge in [-0.15, -0.1) is 0 Å². The Balaban J connectivity index is 1.04. The van der Waals surface area contributed by atoms with Gasteiger partial charge in [0, 0.05) is 29.9 Å². The fourth-order valence-corrected chi connectivity index (χ4v) is 8.69. The molecule has 5 aliphatic rings. The van der Waals surface area contributed by atoms with Crippen LogP contribution in [-0.2, 0) is 20.0 Å². The Hall–Kier alpha value is -2.89. The Morgan fingerprint density at radius 3 is 2.68 bits per heavy atom. The molecule has 3 heterocycles.